The van der Waals surface area contributed by atoms with E-state index in [4.69, 9.17) is 11.5 Å². The molecule has 8 heteroatoms. The molecule has 8 nitrogen and oxygen atoms in total. The molecule has 0 saturated heterocycles. The van der Waals surface area contributed by atoms with E-state index in [1.54, 1.807) is 4.57 Å². The molecule has 2 aromatic heterocycles. The zero-order valence-electron chi connectivity index (χ0n) is 18.1. The molecule has 6 N–H and O–H groups in total. The minimum atomic E-state index is -0.301. The summed E-state index contributed by atoms with van der Waals surface area (Å²) in [7, 11) is 0. The summed E-state index contributed by atoms with van der Waals surface area (Å²) in [5, 5.41) is 4.25. The first-order valence-electron chi connectivity index (χ1n) is 10.4. The van der Waals surface area contributed by atoms with Gasteiger partial charge in [0.15, 0.2) is 5.96 Å². The van der Waals surface area contributed by atoms with E-state index in [1.807, 2.05) is 43.5 Å². The van der Waals surface area contributed by atoms with Crippen molar-refractivity contribution in [3.05, 3.63) is 58.3 Å². The van der Waals surface area contributed by atoms with Crippen LogP contribution in [-0.4, -0.2) is 33.6 Å². The number of aromatic amines is 1. The van der Waals surface area contributed by atoms with Gasteiger partial charge in [-0.25, -0.2) is 4.79 Å². The lowest BCUT2D eigenvalue weighted by Crippen LogP contribution is -2.23. The molecule has 30 heavy (non-hydrogen) atoms. The van der Waals surface area contributed by atoms with E-state index >= 15 is 0 Å². The minimum Gasteiger partial charge on any atom is -0.370 e. The molecule has 0 unspecified atom stereocenters. The number of unbranched alkanes of at least 4 members (excludes halogenated alkanes) is 1. The van der Waals surface area contributed by atoms with E-state index in [1.165, 1.54) is 12.8 Å². The lowest BCUT2D eigenvalue weighted by molar-refractivity contribution is 0.655. The summed E-state index contributed by atoms with van der Waals surface area (Å²) in [6.45, 7) is 8.48. The molecule has 2 heterocycles. The predicted octanol–water partition coefficient (Wildman–Crippen LogP) is 2.58. The van der Waals surface area contributed by atoms with Gasteiger partial charge in [0, 0.05) is 30.4 Å². The van der Waals surface area contributed by atoms with Crippen LogP contribution in [0.5, 0.6) is 0 Å². The van der Waals surface area contributed by atoms with Crippen molar-refractivity contribution in [2.45, 2.75) is 46.6 Å². The molecule has 0 bridgehead atoms. The summed E-state index contributed by atoms with van der Waals surface area (Å²) < 4.78 is 1.56. The van der Waals surface area contributed by atoms with Crippen LogP contribution >= 0.6 is 0 Å². The standard InChI is InChI=1S/C18H23N7O.C4H10/c1-12-9-14-11-25(18(26)24-16(14)23-12)15-5-3-13(4-6-15)10-21-7-2-8-22-17(19)20;1-3-4-2/h3-6,9,11,21H,2,7-8,10H2,1H3,(H4,19,20,22)(H,23,24,26);3-4H2,1-2H3. The summed E-state index contributed by atoms with van der Waals surface area (Å²) in [6.07, 6.45) is 5.32. The number of aryl methyl sites for hydroxylation is 1. The fourth-order valence-corrected chi connectivity index (χ4v) is 2.74. The molecule has 0 saturated carbocycles. The molecule has 0 radical (unpaired) electrons. The van der Waals surface area contributed by atoms with E-state index in [0.717, 1.165) is 41.8 Å². The summed E-state index contributed by atoms with van der Waals surface area (Å²) in [5.74, 6) is 0.123. The molecular weight excluding hydrogens is 378 g/mol. The van der Waals surface area contributed by atoms with Crippen LogP contribution in [0.25, 0.3) is 16.7 Å². The molecule has 0 fully saturated rings. The van der Waals surface area contributed by atoms with Gasteiger partial charge in [-0.1, -0.05) is 38.8 Å². The van der Waals surface area contributed by atoms with E-state index in [0.29, 0.717) is 12.2 Å². The lowest BCUT2D eigenvalue weighted by Gasteiger charge is -2.08. The van der Waals surface area contributed by atoms with Gasteiger partial charge in [0.2, 0.25) is 0 Å². The lowest BCUT2D eigenvalue weighted by atomic mass is 10.2. The van der Waals surface area contributed by atoms with Gasteiger partial charge in [-0.15, -0.1) is 0 Å². The van der Waals surface area contributed by atoms with Crippen molar-refractivity contribution in [2.75, 3.05) is 13.1 Å². The monoisotopic (exact) mass is 411 g/mol. The number of nitrogens with one attached hydrogen (secondary N) is 2. The van der Waals surface area contributed by atoms with Gasteiger partial charge in [0.05, 0.1) is 5.69 Å². The quantitative estimate of drug-likeness (QED) is 0.257. The first kappa shape index (κ1) is 23.2. The minimum absolute atomic E-state index is 0.123. The fraction of sp³-hybridized carbons (Fsp3) is 0.409. The maximum atomic E-state index is 12.2. The number of H-pyrrole nitrogens is 1. The summed E-state index contributed by atoms with van der Waals surface area (Å²) in [4.78, 5) is 23.3. The number of benzene rings is 1. The number of hydrogen-bond donors (Lipinski definition) is 4. The van der Waals surface area contributed by atoms with E-state index in [2.05, 4.69) is 34.1 Å². The number of aromatic nitrogens is 3. The second-order valence-electron chi connectivity index (χ2n) is 7.15. The SMILES string of the molecule is CCCC.Cc1cc2cn(-c3ccc(CNCCCN=C(N)N)cc3)c(=O)nc2[nH]1. The molecule has 3 rings (SSSR count). The smallest absolute Gasteiger partial charge is 0.354 e. The number of nitrogens with zero attached hydrogens (tertiary/aromatic N) is 3. The van der Waals surface area contributed by atoms with E-state index in [9.17, 15) is 4.79 Å². The first-order chi connectivity index (χ1) is 14.4. The van der Waals surface area contributed by atoms with E-state index in [-0.39, 0.29) is 11.6 Å². The van der Waals surface area contributed by atoms with Gasteiger partial charge in [-0.2, -0.15) is 4.98 Å². The van der Waals surface area contributed by atoms with Crippen LogP contribution in [0, 0.1) is 6.92 Å². The topological polar surface area (TPSA) is 127 Å². The van der Waals surface area contributed by atoms with Crippen molar-refractivity contribution in [2.24, 2.45) is 16.5 Å². The highest BCUT2D eigenvalue weighted by Crippen LogP contribution is 2.13. The van der Waals surface area contributed by atoms with Crippen LogP contribution in [0.4, 0.5) is 0 Å². The Morgan fingerprint density at radius 3 is 2.53 bits per heavy atom. The highest BCUT2D eigenvalue weighted by molar-refractivity contribution is 5.76. The maximum Gasteiger partial charge on any atom is 0.354 e. The highest BCUT2D eigenvalue weighted by Gasteiger charge is 2.06. The number of nitrogens with two attached hydrogens (primary N) is 2. The van der Waals surface area contributed by atoms with Gasteiger partial charge >= 0.3 is 5.69 Å². The van der Waals surface area contributed by atoms with Crippen LogP contribution in [0.3, 0.4) is 0 Å². The number of guanidine groups is 1. The Kier molecular flexibility index (Phi) is 9.08. The molecule has 0 aliphatic rings. The summed E-state index contributed by atoms with van der Waals surface area (Å²) in [6, 6.07) is 9.81. The second kappa shape index (κ2) is 11.8. The van der Waals surface area contributed by atoms with Crippen molar-refractivity contribution in [3.8, 4) is 5.69 Å². The predicted molar refractivity (Wildman–Crippen MR) is 124 cm³/mol. The zero-order valence-corrected chi connectivity index (χ0v) is 18.1. The molecule has 162 valence electrons. The Balaban J connectivity index is 0.000000735. The van der Waals surface area contributed by atoms with E-state index < -0.39 is 0 Å². The Hall–Kier alpha value is -3.13. The molecular formula is C22H33N7O. The van der Waals surface area contributed by atoms with Crippen LogP contribution in [-0.2, 0) is 6.54 Å². The zero-order chi connectivity index (χ0) is 21.9. The Morgan fingerprint density at radius 2 is 1.90 bits per heavy atom. The highest BCUT2D eigenvalue weighted by atomic mass is 16.1. The van der Waals surface area contributed by atoms with Gasteiger partial charge in [-0.05, 0) is 43.7 Å². The number of aliphatic imine (C=N–C) groups is 1. The number of rotatable bonds is 8. The molecule has 0 aliphatic carbocycles. The largest absolute Gasteiger partial charge is 0.370 e. The van der Waals surface area contributed by atoms with Crippen LogP contribution in [0.15, 0.2) is 46.3 Å². The third kappa shape index (κ3) is 7.04. The first-order valence-corrected chi connectivity index (χ1v) is 10.4. The van der Waals surface area contributed by atoms with Crippen LogP contribution in [0.1, 0.15) is 44.4 Å². The van der Waals surface area contributed by atoms with Crippen molar-refractivity contribution < 1.29 is 0 Å². The van der Waals surface area contributed by atoms with Crippen LogP contribution < -0.4 is 22.5 Å². The third-order valence-corrected chi connectivity index (χ3v) is 4.49. The fourth-order valence-electron chi connectivity index (χ4n) is 2.74. The Morgan fingerprint density at radius 1 is 1.20 bits per heavy atom. The van der Waals surface area contributed by atoms with Crippen molar-refractivity contribution >= 4 is 17.0 Å². The molecule has 0 atom stereocenters. The van der Waals surface area contributed by atoms with Gasteiger partial charge in [0.1, 0.15) is 5.65 Å². The van der Waals surface area contributed by atoms with Gasteiger partial charge in [-0.3, -0.25) is 9.56 Å². The number of hydrogen-bond acceptors (Lipinski definition) is 4. The van der Waals surface area contributed by atoms with Crippen molar-refractivity contribution in [1.82, 2.24) is 19.9 Å². The molecule has 3 aromatic rings. The summed E-state index contributed by atoms with van der Waals surface area (Å²) >= 11 is 0. The summed E-state index contributed by atoms with van der Waals surface area (Å²) in [5.41, 5.74) is 13.8. The Labute approximate surface area is 177 Å². The molecule has 0 aliphatic heterocycles. The molecule has 1 aromatic carbocycles. The average Bonchev–Trinajstić information content (AvgIpc) is 3.09. The van der Waals surface area contributed by atoms with Gasteiger partial charge < -0.3 is 21.8 Å². The van der Waals surface area contributed by atoms with Gasteiger partial charge in [0.25, 0.3) is 0 Å². The average molecular weight is 412 g/mol. The van der Waals surface area contributed by atoms with Crippen molar-refractivity contribution in [1.29, 1.82) is 0 Å². The van der Waals surface area contributed by atoms with Crippen LogP contribution in [0.2, 0.25) is 0 Å². The number of fused-ring (bicyclic) bond motifs is 1. The third-order valence-electron chi connectivity index (χ3n) is 4.49. The Bertz CT molecular complexity index is 996. The van der Waals surface area contributed by atoms with Crippen molar-refractivity contribution in [3.63, 3.8) is 0 Å². The maximum absolute atomic E-state index is 12.2. The second-order valence-corrected chi connectivity index (χ2v) is 7.15. The molecule has 0 spiro atoms. The normalized spacial score (nSPS) is 10.5. The molecule has 0 amide bonds.